The van der Waals surface area contributed by atoms with Crippen molar-refractivity contribution in [3.63, 3.8) is 0 Å². The van der Waals surface area contributed by atoms with Crippen LogP contribution in [0.15, 0.2) is 53.4 Å². The van der Waals surface area contributed by atoms with Gasteiger partial charge in [-0.05, 0) is 35.6 Å². The van der Waals surface area contributed by atoms with Gasteiger partial charge < -0.3 is 10.2 Å². The molecule has 1 heterocycles. The number of carbonyl (C=O) groups excluding carboxylic acids is 1. The van der Waals surface area contributed by atoms with Crippen LogP contribution in [-0.4, -0.2) is 43.2 Å². The average Bonchev–Trinajstić information content (AvgIpc) is 2.62. The van der Waals surface area contributed by atoms with Gasteiger partial charge in [-0.25, -0.2) is 0 Å². The van der Waals surface area contributed by atoms with Gasteiger partial charge >= 0.3 is 0 Å². The second kappa shape index (κ2) is 6.99. The van der Waals surface area contributed by atoms with Crippen LogP contribution in [0, 0.1) is 0 Å². The number of amides is 1. The van der Waals surface area contributed by atoms with Crippen molar-refractivity contribution in [3.05, 3.63) is 54.1 Å². The number of benzene rings is 2. The Balaban J connectivity index is 1.93. The van der Waals surface area contributed by atoms with Crippen LogP contribution in [0.4, 0.5) is 0 Å². The number of hydrogen-bond donors (Lipinski definition) is 1. The van der Waals surface area contributed by atoms with E-state index < -0.39 is 0 Å². The van der Waals surface area contributed by atoms with Crippen LogP contribution in [0.25, 0.3) is 11.1 Å². The lowest BCUT2D eigenvalue weighted by atomic mass is 9.98. The molecule has 0 saturated carbocycles. The zero-order valence-electron chi connectivity index (χ0n) is 12.7. The van der Waals surface area contributed by atoms with Gasteiger partial charge in [-0.1, -0.05) is 30.3 Å². The van der Waals surface area contributed by atoms with Crippen molar-refractivity contribution in [3.8, 4) is 11.1 Å². The van der Waals surface area contributed by atoms with Crippen LogP contribution >= 0.6 is 11.8 Å². The van der Waals surface area contributed by atoms with Crippen molar-refractivity contribution in [2.24, 2.45) is 0 Å². The van der Waals surface area contributed by atoms with E-state index in [9.17, 15) is 4.79 Å². The molecule has 0 atom stereocenters. The average molecular weight is 312 g/mol. The van der Waals surface area contributed by atoms with Gasteiger partial charge in [0.25, 0.3) is 5.91 Å². The van der Waals surface area contributed by atoms with Crippen molar-refractivity contribution < 1.29 is 4.79 Å². The first-order chi connectivity index (χ1) is 10.8. The highest BCUT2D eigenvalue weighted by Gasteiger charge is 2.20. The topological polar surface area (TPSA) is 32.3 Å². The molecule has 1 aliphatic heterocycles. The van der Waals surface area contributed by atoms with Gasteiger partial charge in [0, 0.05) is 36.6 Å². The molecule has 0 unspecified atom stereocenters. The highest BCUT2D eigenvalue weighted by molar-refractivity contribution is 7.98. The number of carbonyl (C=O) groups is 1. The summed E-state index contributed by atoms with van der Waals surface area (Å²) in [4.78, 5) is 16.0. The summed E-state index contributed by atoms with van der Waals surface area (Å²) < 4.78 is 0. The maximum Gasteiger partial charge on any atom is 0.254 e. The predicted molar refractivity (Wildman–Crippen MR) is 92.4 cm³/mol. The Morgan fingerprint density at radius 1 is 1.05 bits per heavy atom. The molecule has 0 aliphatic carbocycles. The quantitative estimate of drug-likeness (QED) is 0.884. The smallest absolute Gasteiger partial charge is 0.254 e. The number of rotatable bonds is 3. The summed E-state index contributed by atoms with van der Waals surface area (Å²) in [7, 11) is 0. The SMILES string of the molecule is CSc1ccc(-c2ccccc2C(=O)N2CCNCC2)cc1. The third kappa shape index (κ3) is 3.18. The van der Waals surface area contributed by atoms with E-state index in [2.05, 4.69) is 35.8 Å². The standard InChI is InChI=1S/C18H20N2OS/c1-22-15-8-6-14(7-9-15)16-4-2-3-5-17(16)18(21)20-12-10-19-11-13-20/h2-9,19H,10-13H2,1H3. The lowest BCUT2D eigenvalue weighted by Gasteiger charge is -2.28. The first-order valence-corrected chi connectivity index (χ1v) is 8.75. The second-order valence-electron chi connectivity index (χ2n) is 5.32. The van der Waals surface area contributed by atoms with Crippen molar-refractivity contribution in [1.29, 1.82) is 0 Å². The fourth-order valence-corrected chi connectivity index (χ4v) is 3.14. The molecule has 1 saturated heterocycles. The first-order valence-electron chi connectivity index (χ1n) is 7.53. The Hall–Kier alpha value is -1.78. The largest absolute Gasteiger partial charge is 0.336 e. The molecule has 3 nitrogen and oxygen atoms in total. The summed E-state index contributed by atoms with van der Waals surface area (Å²) in [6.45, 7) is 3.30. The van der Waals surface area contributed by atoms with E-state index in [4.69, 9.17) is 0 Å². The molecule has 1 amide bonds. The summed E-state index contributed by atoms with van der Waals surface area (Å²) in [5, 5.41) is 3.28. The fraction of sp³-hybridized carbons (Fsp3) is 0.278. The maximum absolute atomic E-state index is 12.8. The van der Waals surface area contributed by atoms with E-state index in [0.717, 1.165) is 42.9 Å². The van der Waals surface area contributed by atoms with Crippen molar-refractivity contribution in [2.75, 3.05) is 32.4 Å². The molecule has 1 fully saturated rings. The Morgan fingerprint density at radius 2 is 1.73 bits per heavy atom. The zero-order chi connectivity index (χ0) is 15.4. The maximum atomic E-state index is 12.8. The summed E-state index contributed by atoms with van der Waals surface area (Å²) in [5.41, 5.74) is 2.90. The molecule has 2 aromatic rings. The van der Waals surface area contributed by atoms with Gasteiger partial charge in [0.2, 0.25) is 0 Å². The molecule has 0 spiro atoms. The summed E-state index contributed by atoms with van der Waals surface area (Å²) in [5.74, 6) is 0.131. The van der Waals surface area contributed by atoms with Gasteiger partial charge in [-0.3, -0.25) is 4.79 Å². The Kier molecular flexibility index (Phi) is 4.80. The van der Waals surface area contributed by atoms with Crippen molar-refractivity contribution >= 4 is 17.7 Å². The molecule has 2 aromatic carbocycles. The minimum absolute atomic E-state index is 0.131. The molecule has 0 bridgehead atoms. The Bertz CT molecular complexity index is 648. The van der Waals surface area contributed by atoms with Crippen LogP contribution in [0.1, 0.15) is 10.4 Å². The zero-order valence-corrected chi connectivity index (χ0v) is 13.5. The first kappa shape index (κ1) is 15.1. The molecular formula is C18H20N2OS. The van der Waals surface area contributed by atoms with Crippen LogP contribution in [0.2, 0.25) is 0 Å². The normalized spacial score (nSPS) is 14.9. The van der Waals surface area contributed by atoms with E-state index in [1.165, 1.54) is 4.90 Å². The number of hydrogen-bond acceptors (Lipinski definition) is 3. The monoisotopic (exact) mass is 312 g/mol. The highest BCUT2D eigenvalue weighted by atomic mass is 32.2. The van der Waals surface area contributed by atoms with Crippen LogP contribution in [-0.2, 0) is 0 Å². The Labute approximate surface area is 135 Å². The number of nitrogens with one attached hydrogen (secondary N) is 1. The molecule has 0 radical (unpaired) electrons. The summed E-state index contributed by atoms with van der Waals surface area (Å²) in [6, 6.07) is 16.3. The minimum Gasteiger partial charge on any atom is -0.336 e. The lowest BCUT2D eigenvalue weighted by Crippen LogP contribution is -2.46. The van der Waals surface area contributed by atoms with E-state index in [-0.39, 0.29) is 5.91 Å². The van der Waals surface area contributed by atoms with E-state index in [1.807, 2.05) is 29.2 Å². The third-order valence-electron chi connectivity index (χ3n) is 3.96. The minimum atomic E-state index is 0.131. The van der Waals surface area contributed by atoms with Crippen molar-refractivity contribution in [2.45, 2.75) is 4.90 Å². The molecule has 114 valence electrons. The molecule has 22 heavy (non-hydrogen) atoms. The van der Waals surface area contributed by atoms with Gasteiger partial charge in [-0.2, -0.15) is 0 Å². The third-order valence-corrected chi connectivity index (χ3v) is 4.71. The summed E-state index contributed by atoms with van der Waals surface area (Å²) in [6.07, 6.45) is 2.07. The summed E-state index contributed by atoms with van der Waals surface area (Å²) >= 11 is 1.72. The number of nitrogens with zero attached hydrogens (tertiary/aromatic N) is 1. The molecule has 1 aliphatic rings. The number of piperazine rings is 1. The van der Waals surface area contributed by atoms with Gasteiger partial charge in [0.1, 0.15) is 0 Å². The van der Waals surface area contributed by atoms with Gasteiger partial charge in [0.15, 0.2) is 0 Å². The van der Waals surface area contributed by atoms with Gasteiger partial charge in [0.05, 0.1) is 0 Å². The molecule has 0 aromatic heterocycles. The molecule has 1 N–H and O–H groups in total. The van der Waals surface area contributed by atoms with E-state index in [0.29, 0.717) is 0 Å². The predicted octanol–water partition coefficient (Wildman–Crippen LogP) is 3.12. The van der Waals surface area contributed by atoms with Crippen molar-refractivity contribution in [1.82, 2.24) is 10.2 Å². The number of thioether (sulfide) groups is 1. The van der Waals surface area contributed by atoms with E-state index in [1.54, 1.807) is 11.8 Å². The Morgan fingerprint density at radius 3 is 2.41 bits per heavy atom. The van der Waals surface area contributed by atoms with Crippen LogP contribution in [0.3, 0.4) is 0 Å². The second-order valence-corrected chi connectivity index (χ2v) is 6.20. The molecule has 4 heteroatoms. The molecule has 3 rings (SSSR count). The highest BCUT2D eigenvalue weighted by Crippen LogP contribution is 2.27. The molecular weight excluding hydrogens is 292 g/mol. The van der Waals surface area contributed by atoms with Gasteiger partial charge in [-0.15, -0.1) is 11.8 Å². The van der Waals surface area contributed by atoms with E-state index >= 15 is 0 Å². The fourth-order valence-electron chi connectivity index (χ4n) is 2.73. The van der Waals surface area contributed by atoms with Crippen LogP contribution in [0.5, 0.6) is 0 Å². The lowest BCUT2D eigenvalue weighted by molar-refractivity contribution is 0.0736. The van der Waals surface area contributed by atoms with Crippen LogP contribution < -0.4 is 5.32 Å².